The average molecular weight is 341 g/mol. The number of pyridine rings is 1. The fraction of sp³-hybridized carbons (Fsp3) is 0.312. The third-order valence-corrected chi connectivity index (χ3v) is 4.39. The molecule has 1 atom stereocenters. The standard InChI is InChI=1S/C16H15N5O2S/c1-24-15-12(3-2-5-20-15)16(22)21-8-4-11(10-21)23-14-13(9-17)18-6-7-19-14/h2-3,5-7,11H,4,8,10H2,1H3. The summed E-state index contributed by atoms with van der Waals surface area (Å²) in [6.07, 6.45) is 6.98. The highest BCUT2D eigenvalue weighted by molar-refractivity contribution is 7.98. The first-order chi connectivity index (χ1) is 11.7. The minimum Gasteiger partial charge on any atom is -0.470 e. The van der Waals surface area contributed by atoms with E-state index in [1.54, 1.807) is 23.2 Å². The van der Waals surface area contributed by atoms with E-state index in [-0.39, 0.29) is 23.6 Å². The smallest absolute Gasteiger partial charge is 0.256 e. The van der Waals surface area contributed by atoms with E-state index in [9.17, 15) is 4.79 Å². The molecule has 3 rings (SSSR count). The van der Waals surface area contributed by atoms with Crippen LogP contribution in [0.1, 0.15) is 22.5 Å². The van der Waals surface area contributed by atoms with Crippen molar-refractivity contribution in [1.29, 1.82) is 5.26 Å². The lowest BCUT2D eigenvalue weighted by Gasteiger charge is -2.18. The number of rotatable bonds is 4. The second kappa shape index (κ2) is 7.27. The zero-order valence-corrected chi connectivity index (χ0v) is 13.9. The van der Waals surface area contributed by atoms with Gasteiger partial charge in [0.15, 0.2) is 0 Å². The molecule has 1 aliphatic heterocycles. The molecular formula is C16H15N5O2S. The minimum atomic E-state index is -0.202. The molecule has 0 aliphatic carbocycles. The predicted octanol–water partition coefficient (Wildman–Crippen LogP) is 1.76. The van der Waals surface area contributed by atoms with E-state index >= 15 is 0 Å². The Morgan fingerprint density at radius 1 is 1.38 bits per heavy atom. The van der Waals surface area contributed by atoms with Crippen molar-refractivity contribution in [2.75, 3.05) is 19.3 Å². The molecule has 0 N–H and O–H groups in total. The van der Waals surface area contributed by atoms with Crippen LogP contribution in [0.4, 0.5) is 0 Å². The van der Waals surface area contributed by atoms with E-state index in [4.69, 9.17) is 10.00 Å². The van der Waals surface area contributed by atoms with Crippen LogP contribution in [0.25, 0.3) is 0 Å². The van der Waals surface area contributed by atoms with Gasteiger partial charge in [0.2, 0.25) is 5.69 Å². The number of nitrogens with zero attached hydrogens (tertiary/aromatic N) is 5. The first kappa shape index (κ1) is 16.2. The molecule has 1 fully saturated rings. The largest absolute Gasteiger partial charge is 0.470 e. The summed E-state index contributed by atoms with van der Waals surface area (Å²) in [6.45, 7) is 1.04. The molecule has 1 aliphatic rings. The van der Waals surface area contributed by atoms with Crippen molar-refractivity contribution >= 4 is 17.7 Å². The molecule has 2 aromatic heterocycles. The van der Waals surface area contributed by atoms with Crippen LogP contribution in [-0.4, -0.2) is 51.2 Å². The lowest BCUT2D eigenvalue weighted by atomic mass is 10.2. The molecule has 0 bridgehead atoms. The first-order valence-corrected chi connectivity index (χ1v) is 8.61. The number of ether oxygens (including phenoxy) is 1. The van der Waals surface area contributed by atoms with Crippen LogP contribution in [0.2, 0.25) is 0 Å². The molecule has 0 aromatic carbocycles. The third kappa shape index (κ3) is 3.31. The van der Waals surface area contributed by atoms with Crippen LogP contribution in [0.5, 0.6) is 5.88 Å². The number of nitriles is 1. The monoisotopic (exact) mass is 341 g/mol. The summed E-state index contributed by atoms with van der Waals surface area (Å²) in [4.78, 5) is 26.6. The first-order valence-electron chi connectivity index (χ1n) is 7.39. The SMILES string of the molecule is CSc1ncccc1C(=O)N1CCC(Oc2nccnc2C#N)C1. The summed E-state index contributed by atoms with van der Waals surface area (Å²) in [5.74, 6) is 0.156. The number of carbonyl (C=O) groups is 1. The Kier molecular flexibility index (Phi) is 4.91. The van der Waals surface area contributed by atoms with Gasteiger partial charge < -0.3 is 9.64 Å². The molecule has 24 heavy (non-hydrogen) atoms. The van der Waals surface area contributed by atoms with Gasteiger partial charge in [-0.1, -0.05) is 0 Å². The number of aromatic nitrogens is 3. The van der Waals surface area contributed by atoms with E-state index < -0.39 is 0 Å². The maximum absolute atomic E-state index is 12.7. The summed E-state index contributed by atoms with van der Waals surface area (Å²) in [6, 6.07) is 5.50. The fourth-order valence-electron chi connectivity index (χ4n) is 2.54. The molecule has 0 saturated carbocycles. The van der Waals surface area contributed by atoms with Gasteiger partial charge in [0.05, 0.1) is 12.1 Å². The molecular weight excluding hydrogens is 326 g/mol. The van der Waals surface area contributed by atoms with E-state index in [0.29, 0.717) is 30.1 Å². The van der Waals surface area contributed by atoms with Gasteiger partial charge in [-0.3, -0.25) is 4.79 Å². The molecule has 0 radical (unpaired) electrons. The molecule has 0 spiro atoms. The third-order valence-electron chi connectivity index (χ3n) is 3.68. The van der Waals surface area contributed by atoms with Crippen molar-refractivity contribution in [3.63, 3.8) is 0 Å². The lowest BCUT2D eigenvalue weighted by Crippen LogP contribution is -2.31. The Hall–Kier alpha value is -2.66. The lowest BCUT2D eigenvalue weighted by molar-refractivity contribution is 0.0767. The molecule has 7 nitrogen and oxygen atoms in total. The van der Waals surface area contributed by atoms with Crippen LogP contribution in [-0.2, 0) is 0 Å². The van der Waals surface area contributed by atoms with Crippen molar-refractivity contribution in [2.45, 2.75) is 17.6 Å². The summed E-state index contributed by atoms with van der Waals surface area (Å²) in [5.41, 5.74) is 0.752. The molecule has 1 unspecified atom stereocenters. The van der Waals surface area contributed by atoms with Crippen LogP contribution in [0.3, 0.4) is 0 Å². The Morgan fingerprint density at radius 3 is 3.00 bits per heavy atom. The van der Waals surface area contributed by atoms with Crippen LogP contribution in [0.15, 0.2) is 35.7 Å². The van der Waals surface area contributed by atoms with Crippen molar-refractivity contribution in [2.24, 2.45) is 0 Å². The van der Waals surface area contributed by atoms with Crippen LogP contribution < -0.4 is 4.74 Å². The van der Waals surface area contributed by atoms with E-state index in [2.05, 4.69) is 15.0 Å². The van der Waals surface area contributed by atoms with Crippen molar-refractivity contribution in [3.8, 4) is 11.9 Å². The minimum absolute atomic E-state index is 0.0572. The van der Waals surface area contributed by atoms with Gasteiger partial charge in [-0.2, -0.15) is 5.26 Å². The Morgan fingerprint density at radius 2 is 2.21 bits per heavy atom. The van der Waals surface area contributed by atoms with Gasteiger partial charge in [-0.15, -0.1) is 11.8 Å². The molecule has 1 saturated heterocycles. The number of thioether (sulfide) groups is 1. The number of carbonyl (C=O) groups excluding carboxylic acids is 1. The highest BCUT2D eigenvalue weighted by atomic mass is 32.2. The summed E-state index contributed by atoms with van der Waals surface area (Å²) in [5, 5.41) is 9.75. The summed E-state index contributed by atoms with van der Waals surface area (Å²) < 4.78 is 5.76. The quantitative estimate of drug-likeness (QED) is 0.782. The van der Waals surface area contributed by atoms with Crippen molar-refractivity contribution in [1.82, 2.24) is 19.9 Å². The van der Waals surface area contributed by atoms with Gasteiger partial charge in [-0.05, 0) is 18.4 Å². The topological polar surface area (TPSA) is 92.0 Å². The summed E-state index contributed by atoms with van der Waals surface area (Å²) >= 11 is 1.45. The Labute approximate surface area is 143 Å². The zero-order chi connectivity index (χ0) is 16.9. The molecule has 122 valence electrons. The predicted molar refractivity (Wildman–Crippen MR) is 87.7 cm³/mol. The second-order valence-electron chi connectivity index (χ2n) is 5.16. The number of hydrogen-bond acceptors (Lipinski definition) is 7. The highest BCUT2D eigenvalue weighted by Gasteiger charge is 2.30. The molecule has 1 amide bonds. The molecule has 2 aromatic rings. The Bertz CT molecular complexity index is 792. The Balaban J connectivity index is 1.69. The molecule has 8 heteroatoms. The van der Waals surface area contributed by atoms with Gasteiger partial charge >= 0.3 is 0 Å². The zero-order valence-electron chi connectivity index (χ0n) is 13.0. The summed E-state index contributed by atoms with van der Waals surface area (Å²) in [7, 11) is 0. The fourth-order valence-corrected chi connectivity index (χ4v) is 3.08. The molecule has 3 heterocycles. The number of likely N-dealkylation sites (tertiary alicyclic amines) is 1. The van der Waals surface area contributed by atoms with Crippen molar-refractivity contribution < 1.29 is 9.53 Å². The highest BCUT2D eigenvalue weighted by Crippen LogP contribution is 2.23. The van der Waals surface area contributed by atoms with Gasteiger partial charge in [0.25, 0.3) is 11.8 Å². The normalized spacial score (nSPS) is 16.7. The van der Waals surface area contributed by atoms with E-state index in [1.165, 1.54) is 24.2 Å². The maximum Gasteiger partial charge on any atom is 0.256 e. The second-order valence-corrected chi connectivity index (χ2v) is 5.96. The van der Waals surface area contributed by atoms with Gasteiger partial charge in [0.1, 0.15) is 17.2 Å². The van der Waals surface area contributed by atoms with Crippen molar-refractivity contribution in [3.05, 3.63) is 42.0 Å². The van der Waals surface area contributed by atoms with Crippen LogP contribution in [0, 0.1) is 11.3 Å². The maximum atomic E-state index is 12.7. The van der Waals surface area contributed by atoms with Gasteiger partial charge in [0, 0.05) is 31.6 Å². The number of amides is 1. The van der Waals surface area contributed by atoms with E-state index in [0.717, 1.165) is 0 Å². The average Bonchev–Trinajstić information content (AvgIpc) is 3.10. The van der Waals surface area contributed by atoms with Gasteiger partial charge in [-0.25, -0.2) is 15.0 Å². The number of hydrogen-bond donors (Lipinski definition) is 0. The van der Waals surface area contributed by atoms with E-state index in [1.807, 2.05) is 12.3 Å². The van der Waals surface area contributed by atoms with Crippen LogP contribution >= 0.6 is 11.8 Å².